The topological polar surface area (TPSA) is 29.3 Å². The number of para-hydroxylation sites is 1. The zero-order chi connectivity index (χ0) is 46.4. The lowest BCUT2D eigenvalue weighted by molar-refractivity contribution is 0.620. The predicted octanol–water partition coefficient (Wildman–Crippen LogP) is 18.8. The molecule has 0 spiro atoms. The second kappa shape index (κ2) is 17.4. The molecule has 0 N–H and O–H groups in total. The number of rotatable bonds is 9. The van der Waals surface area contributed by atoms with Crippen molar-refractivity contribution in [2.24, 2.45) is 0 Å². The Morgan fingerprint density at radius 2 is 0.786 bits per heavy atom. The molecule has 12 aromatic carbocycles. The predicted molar refractivity (Wildman–Crippen MR) is 294 cm³/mol. The van der Waals surface area contributed by atoms with E-state index in [4.69, 9.17) is 9.40 Å². The number of benzene rings is 12. The van der Waals surface area contributed by atoms with E-state index in [-0.39, 0.29) is 0 Å². The van der Waals surface area contributed by atoms with E-state index in [2.05, 4.69) is 241 Å². The van der Waals surface area contributed by atoms with E-state index in [9.17, 15) is 0 Å². The molecule has 3 heteroatoms. The fourth-order valence-corrected chi connectivity index (χ4v) is 10.4. The molecule has 1 aromatic heterocycles. The summed E-state index contributed by atoms with van der Waals surface area (Å²) < 4.78 is 6.31. The van der Waals surface area contributed by atoms with E-state index in [0.29, 0.717) is 5.89 Å². The van der Waals surface area contributed by atoms with Crippen molar-refractivity contribution < 1.29 is 4.42 Å². The summed E-state index contributed by atoms with van der Waals surface area (Å²) in [5, 5.41) is 7.03. The molecule has 1 heterocycles. The van der Waals surface area contributed by atoms with Gasteiger partial charge in [-0.1, -0.05) is 212 Å². The molecule has 0 unspecified atom stereocenters. The van der Waals surface area contributed by atoms with Crippen LogP contribution in [0.3, 0.4) is 0 Å². The van der Waals surface area contributed by atoms with Gasteiger partial charge in [-0.05, 0) is 126 Å². The Morgan fingerprint density at radius 3 is 1.59 bits per heavy atom. The van der Waals surface area contributed by atoms with Crippen molar-refractivity contribution in [1.29, 1.82) is 0 Å². The van der Waals surface area contributed by atoms with Gasteiger partial charge in [-0.3, -0.25) is 0 Å². The molecule has 0 aliphatic carbocycles. The van der Waals surface area contributed by atoms with Crippen molar-refractivity contribution in [3.8, 4) is 67.1 Å². The summed E-state index contributed by atoms with van der Waals surface area (Å²) in [6.45, 7) is 0. The fraction of sp³-hybridized carbons (Fsp3) is 0. The standard InChI is InChI=1S/C67H44N2O/c1-4-19-46(20-5-1)55-30-14-15-36-63(55)69(64-41-37-50(44-62(64)47-21-6-2-7-22-47)53-33-17-26-45-23-10-11-29-52(45)53)51-28-16-27-49(43-51)54-38-39-59(57-32-13-12-31-56(54)57)58-34-18-35-61-60(58)40-42-65-66(61)68-67(70-65)48-24-8-3-9-25-48/h1-44H. The van der Waals surface area contributed by atoms with Gasteiger partial charge in [0.1, 0.15) is 5.52 Å². The summed E-state index contributed by atoms with van der Waals surface area (Å²) in [6.07, 6.45) is 0. The van der Waals surface area contributed by atoms with Gasteiger partial charge in [0.2, 0.25) is 5.89 Å². The van der Waals surface area contributed by atoms with E-state index < -0.39 is 0 Å². The van der Waals surface area contributed by atoms with Crippen molar-refractivity contribution in [2.45, 2.75) is 0 Å². The van der Waals surface area contributed by atoms with Crippen LogP contribution < -0.4 is 4.90 Å². The molecule has 13 rings (SSSR count). The number of fused-ring (bicyclic) bond motifs is 5. The van der Waals surface area contributed by atoms with Crippen LogP contribution in [0.4, 0.5) is 17.1 Å². The zero-order valence-electron chi connectivity index (χ0n) is 38.2. The lowest BCUT2D eigenvalue weighted by atomic mass is 9.89. The van der Waals surface area contributed by atoms with E-state index in [0.717, 1.165) is 77.9 Å². The Kier molecular flexibility index (Phi) is 10.2. The van der Waals surface area contributed by atoms with Gasteiger partial charge in [-0.2, -0.15) is 0 Å². The minimum absolute atomic E-state index is 0.627. The first kappa shape index (κ1) is 40.9. The molecular weight excluding hydrogens is 849 g/mol. The second-order valence-corrected chi connectivity index (χ2v) is 17.8. The number of anilines is 3. The summed E-state index contributed by atoms with van der Waals surface area (Å²) in [5.41, 5.74) is 17.4. The Bertz CT molecular complexity index is 4060. The van der Waals surface area contributed by atoms with Crippen LogP contribution in [0.2, 0.25) is 0 Å². The summed E-state index contributed by atoms with van der Waals surface area (Å²) >= 11 is 0. The summed E-state index contributed by atoms with van der Waals surface area (Å²) in [4.78, 5) is 7.49. The van der Waals surface area contributed by atoms with Crippen LogP contribution in [-0.2, 0) is 0 Å². The Morgan fingerprint density at radius 1 is 0.286 bits per heavy atom. The number of oxazole rings is 1. The maximum atomic E-state index is 6.31. The number of aromatic nitrogens is 1. The molecule has 0 aliphatic rings. The Balaban J connectivity index is 0.983. The highest BCUT2D eigenvalue weighted by molar-refractivity contribution is 6.14. The molecular formula is C67H44N2O. The van der Waals surface area contributed by atoms with E-state index >= 15 is 0 Å². The minimum atomic E-state index is 0.627. The highest BCUT2D eigenvalue weighted by Gasteiger charge is 2.23. The Labute approximate surface area is 406 Å². The third-order valence-corrected chi connectivity index (χ3v) is 13.7. The average Bonchev–Trinajstić information content (AvgIpc) is 3.89. The maximum Gasteiger partial charge on any atom is 0.227 e. The SMILES string of the molecule is c1ccc(-c2nc3c(ccc4c(-c5ccc(-c6cccc(N(c7ccccc7-c7ccccc7)c7ccc(-c8cccc9ccccc89)cc7-c7ccccc7)c6)c6ccccc56)cccc43)o2)cc1. The molecule has 0 saturated carbocycles. The van der Waals surface area contributed by atoms with Gasteiger partial charge >= 0.3 is 0 Å². The molecule has 328 valence electrons. The highest BCUT2D eigenvalue weighted by atomic mass is 16.3. The quantitative estimate of drug-likeness (QED) is 0.145. The average molecular weight is 893 g/mol. The highest BCUT2D eigenvalue weighted by Crippen LogP contribution is 2.48. The molecule has 3 nitrogen and oxygen atoms in total. The van der Waals surface area contributed by atoms with Crippen LogP contribution in [0.15, 0.2) is 271 Å². The van der Waals surface area contributed by atoms with Crippen molar-refractivity contribution in [3.05, 3.63) is 267 Å². The van der Waals surface area contributed by atoms with Crippen molar-refractivity contribution in [1.82, 2.24) is 4.98 Å². The van der Waals surface area contributed by atoms with Gasteiger partial charge in [0, 0.05) is 27.8 Å². The third-order valence-electron chi connectivity index (χ3n) is 13.7. The molecule has 0 atom stereocenters. The number of hydrogen-bond donors (Lipinski definition) is 0. The molecule has 0 bridgehead atoms. The fourth-order valence-electron chi connectivity index (χ4n) is 10.4. The molecule has 0 radical (unpaired) electrons. The van der Waals surface area contributed by atoms with Gasteiger partial charge in [0.25, 0.3) is 0 Å². The van der Waals surface area contributed by atoms with Gasteiger partial charge in [-0.15, -0.1) is 0 Å². The summed E-state index contributed by atoms with van der Waals surface area (Å²) in [6, 6.07) is 95.9. The third kappa shape index (κ3) is 7.20. The first-order chi connectivity index (χ1) is 34.7. The smallest absolute Gasteiger partial charge is 0.227 e. The van der Waals surface area contributed by atoms with Crippen LogP contribution in [0.5, 0.6) is 0 Å². The number of nitrogens with zero attached hydrogens (tertiary/aromatic N) is 2. The largest absolute Gasteiger partial charge is 0.436 e. The van der Waals surface area contributed by atoms with Gasteiger partial charge in [0.15, 0.2) is 5.58 Å². The first-order valence-corrected chi connectivity index (χ1v) is 23.9. The maximum absolute atomic E-state index is 6.31. The molecule has 0 saturated heterocycles. The van der Waals surface area contributed by atoms with E-state index in [1.54, 1.807) is 0 Å². The molecule has 0 amide bonds. The molecule has 13 aromatic rings. The van der Waals surface area contributed by atoms with Crippen molar-refractivity contribution in [2.75, 3.05) is 4.90 Å². The van der Waals surface area contributed by atoms with Gasteiger partial charge in [-0.25, -0.2) is 4.98 Å². The van der Waals surface area contributed by atoms with Crippen LogP contribution in [0.25, 0.3) is 111 Å². The lowest BCUT2D eigenvalue weighted by Crippen LogP contribution is -2.12. The lowest BCUT2D eigenvalue weighted by Gasteiger charge is -2.31. The normalized spacial score (nSPS) is 11.4. The molecule has 0 aliphatic heterocycles. The van der Waals surface area contributed by atoms with Crippen LogP contribution in [0, 0.1) is 0 Å². The van der Waals surface area contributed by atoms with Crippen molar-refractivity contribution in [3.63, 3.8) is 0 Å². The summed E-state index contributed by atoms with van der Waals surface area (Å²) in [5.74, 6) is 0.627. The molecule has 70 heavy (non-hydrogen) atoms. The number of hydrogen-bond acceptors (Lipinski definition) is 3. The monoisotopic (exact) mass is 892 g/mol. The van der Waals surface area contributed by atoms with Gasteiger partial charge < -0.3 is 9.32 Å². The second-order valence-electron chi connectivity index (χ2n) is 17.8. The van der Waals surface area contributed by atoms with Crippen molar-refractivity contribution >= 4 is 60.5 Å². The molecule has 0 fully saturated rings. The van der Waals surface area contributed by atoms with Crippen LogP contribution in [0.1, 0.15) is 0 Å². The minimum Gasteiger partial charge on any atom is -0.436 e. The van der Waals surface area contributed by atoms with Crippen LogP contribution >= 0.6 is 0 Å². The Hall–Kier alpha value is -9.31. The summed E-state index contributed by atoms with van der Waals surface area (Å²) in [7, 11) is 0. The first-order valence-electron chi connectivity index (χ1n) is 23.9. The van der Waals surface area contributed by atoms with Gasteiger partial charge in [0.05, 0.1) is 11.4 Å². The zero-order valence-corrected chi connectivity index (χ0v) is 38.2. The van der Waals surface area contributed by atoms with Crippen LogP contribution in [-0.4, -0.2) is 4.98 Å². The van der Waals surface area contributed by atoms with E-state index in [1.165, 1.54) is 43.8 Å². The van der Waals surface area contributed by atoms with E-state index in [1.807, 2.05) is 30.3 Å².